The second-order valence-corrected chi connectivity index (χ2v) is 9.09. The molecule has 0 radical (unpaired) electrons. The molecule has 3 aromatic rings. The van der Waals surface area contributed by atoms with Crippen molar-refractivity contribution in [3.63, 3.8) is 0 Å². The minimum Gasteiger partial charge on any atom is -0.387 e. The Morgan fingerprint density at radius 3 is 2.62 bits per heavy atom. The summed E-state index contributed by atoms with van der Waals surface area (Å²) in [6, 6.07) is 12.1. The highest BCUT2D eigenvalue weighted by Crippen LogP contribution is 2.26. The summed E-state index contributed by atoms with van der Waals surface area (Å²) in [5.41, 5.74) is 1.95. The Balaban J connectivity index is 1.38. The van der Waals surface area contributed by atoms with E-state index in [0.717, 1.165) is 52.6 Å². The first-order chi connectivity index (χ1) is 14.0. The molecule has 1 N–H and O–H groups in total. The number of rotatable bonds is 5. The van der Waals surface area contributed by atoms with Gasteiger partial charge >= 0.3 is 0 Å². The number of halogens is 2. The Kier molecular flexibility index (Phi) is 6.35. The third kappa shape index (κ3) is 4.72. The van der Waals surface area contributed by atoms with Crippen LogP contribution in [0, 0.1) is 11.7 Å². The molecule has 2 aromatic carbocycles. The lowest BCUT2D eigenvalue weighted by Crippen LogP contribution is -2.38. The molecular weight excluding hydrogens is 409 g/mol. The molecule has 0 amide bonds. The van der Waals surface area contributed by atoms with Crippen molar-refractivity contribution in [2.24, 2.45) is 10.9 Å². The summed E-state index contributed by atoms with van der Waals surface area (Å²) in [7, 11) is 1.84. The van der Waals surface area contributed by atoms with Crippen molar-refractivity contribution in [1.82, 2.24) is 9.47 Å². The van der Waals surface area contributed by atoms with Crippen molar-refractivity contribution in [3.05, 3.63) is 63.7 Å². The first-order valence-corrected chi connectivity index (χ1v) is 11.1. The fourth-order valence-corrected chi connectivity index (χ4v) is 5.31. The first kappa shape index (κ1) is 20.5. The summed E-state index contributed by atoms with van der Waals surface area (Å²) in [4.78, 5) is 7.79. The predicted molar refractivity (Wildman–Crippen MR) is 117 cm³/mol. The highest BCUT2D eigenvalue weighted by Gasteiger charge is 2.23. The van der Waals surface area contributed by atoms with Gasteiger partial charge in [0.25, 0.3) is 0 Å². The van der Waals surface area contributed by atoms with Crippen LogP contribution in [-0.2, 0) is 6.54 Å². The number of β-amino-alcohol motifs (C(OH)–C–C–N with tert-alkyl or cyclic N) is 1. The summed E-state index contributed by atoms with van der Waals surface area (Å²) in [6.07, 6.45) is 1.58. The zero-order chi connectivity index (χ0) is 20.4. The van der Waals surface area contributed by atoms with E-state index in [0.29, 0.717) is 12.5 Å². The number of piperidine rings is 1. The number of aliphatic hydroxyl groups is 1. The molecule has 0 bridgehead atoms. The highest BCUT2D eigenvalue weighted by atomic mass is 35.5. The maximum atomic E-state index is 13.1. The second-order valence-electron chi connectivity index (χ2n) is 7.64. The maximum Gasteiger partial charge on any atom is 0.185 e. The van der Waals surface area contributed by atoms with Crippen molar-refractivity contribution < 1.29 is 9.50 Å². The van der Waals surface area contributed by atoms with E-state index in [1.54, 1.807) is 23.5 Å². The molecule has 0 spiro atoms. The molecule has 1 aromatic heterocycles. The van der Waals surface area contributed by atoms with Crippen LogP contribution in [0.4, 0.5) is 4.39 Å². The fraction of sp³-hybridized carbons (Fsp3) is 0.409. The first-order valence-electron chi connectivity index (χ1n) is 9.91. The normalized spacial score (nSPS) is 17.9. The predicted octanol–water partition coefficient (Wildman–Crippen LogP) is 4.47. The Morgan fingerprint density at radius 2 is 1.93 bits per heavy atom. The van der Waals surface area contributed by atoms with Gasteiger partial charge in [-0.25, -0.2) is 4.39 Å². The van der Waals surface area contributed by atoms with Crippen LogP contribution in [0.15, 0.2) is 47.5 Å². The van der Waals surface area contributed by atoms with Gasteiger partial charge in [-0.05, 0) is 67.7 Å². The molecule has 1 atom stereocenters. The molecule has 1 aliphatic rings. The Hall–Kier alpha value is -1.73. The van der Waals surface area contributed by atoms with Crippen LogP contribution >= 0.6 is 22.9 Å². The van der Waals surface area contributed by atoms with E-state index in [9.17, 15) is 9.50 Å². The van der Waals surface area contributed by atoms with Crippen LogP contribution in [-0.4, -0.2) is 41.3 Å². The van der Waals surface area contributed by atoms with E-state index in [4.69, 9.17) is 11.6 Å². The molecule has 154 valence electrons. The minimum absolute atomic E-state index is 0.277. The summed E-state index contributed by atoms with van der Waals surface area (Å²) in [5.74, 6) is 0.300. The Bertz CT molecular complexity index is 1040. The molecule has 0 aliphatic carbocycles. The van der Waals surface area contributed by atoms with Crippen molar-refractivity contribution in [3.8, 4) is 0 Å². The SMILES string of the molecule is CN=c1sc2cc(Cl)ccc2n1CC1CCN(C[C@@H](O)c2ccc(F)cc2)CC1. The Morgan fingerprint density at radius 1 is 1.21 bits per heavy atom. The molecular formula is C22H25ClFN3OS. The number of hydrogen-bond donors (Lipinski definition) is 1. The van der Waals surface area contributed by atoms with Gasteiger partial charge in [0.05, 0.1) is 16.3 Å². The average molecular weight is 434 g/mol. The van der Waals surface area contributed by atoms with Crippen LogP contribution in [0.2, 0.25) is 5.02 Å². The molecule has 0 saturated carbocycles. The highest BCUT2D eigenvalue weighted by molar-refractivity contribution is 7.16. The smallest absolute Gasteiger partial charge is 0.185 e. The van der Waals surface area contributed by atoms with Gasteiger partial charge < -0.3 is 14.6 Å². The number of likely N-dealkylation sites (tertiary alicyclic amines) is 1. The largest absolute Gasteiger partial charge is 0.387 e. The third-order valence-electron chi connectivity index (χ3n) is 5.67. The van der Waals surface area contributed by atoms with E-state index in [1.165, 1.54) is 17.6 Å². The molecule has 4 nitrogen and oxygen atoms in total. The Labute approximate surface area is 178 Å². The number of thiazole rings is 1. The number of hydrogen-bond acceptors (Lipinski definition) is 4. The molecule has 4 rings (SSSR count). The van der Waals surface area contributed by atoms with Gasteiger partial charge in [0, 0.05) is 25.2 Å². The third-order valence-corrected chi connectivity index (χ3v) is 7.04. The van der Waals surface area contributed by atoms with Gasteiger partial charge in [-0.1, -0.05) is 35.1 Å². The standard InChI is InChI=1S/C22H25ClFN3OS/c1-25-22-27(19-7-4-17(23)12-21(19)29-22)13-15-8-10-26(11-9-15)14-20(28)16-2-5-18(24)6-3-16/h2-7,12,15,20,28H,8-11,13-14H2,1H3/t20-/m1/s1. The van der Waals surface area contributed by atoms with Crippen molar-refractivity contribution >= 4 is 33.2 Å². The van der Waals surface area contributed by atoms with E-state index in [-0.39, 0.29) is 5.82 Å². The summed E-state index contributed by atoms with van der Waals surface area (Å²) in [5, 5.41) is 11.2. The van der Waals surface area contributed by atoms with Crippen LogP contribution in [0.5, 0.6) is 0 Å². The van der Waals surface area contributed by atoms with Gasteiger partial charge in [0.2, 0.25) is 0 Å². The zero-order valence-corrected chi connectivity index (χ0v) is 18.0. The summed E-state index contributed by atoms with van der Waals surface area (Å²) >= 11 is 7.82. The lowest BCUT2D eigenvalue weighted by Gasteiger charge is -2.33. The topological polar surface area (TPSA) is 40.8 Å². The van der Waals surface area contributed by atoms with E-state index < -0.39 is 6.10 Å². The number of aromatic nitrogens is 1. The summed E-state index contributed by atoms with van der Waals surface area (Å²) in [6.45, 7) is 3.44. The molecule has 29 heavy (non-hydrogen) atoms. The van der Waals surface area contributed by atoms with Crippen LogP contribution in [0.1, 0.15) is 24.5 Å². The summed E-state index contributed by atoms with van der Waals surface area (Å²) < 4.78 is 16.5. The monoisotopic (exact) mass is 433 g/mol. The molecule has 2 heterocycles. The second kappa shape index (κ2) is 8.96. The van der Waals surface area contributed by atoms with Crippen LogP contribution < -0.4 is 4.80 Å². The van der Waals surface area contributed by atoms with Crippen LogP contribution in [0.25, 0.3) is 10.2 Å². The zero-order valence-electron chi connectivity index (χ0n) is 16.4. The van der Waals surface area contributed by atoms with Crippen molar-refractivity contribution in [2.45, 2.75) is 25.5 Å². The van der Waals surface area contributed by atoms with Gasteiger partial charge in [-0.3, -0.25) is 4.99 Å². The van der Waals surface area contributed by atoms with Gasteiger partial charge in [0.1, 0.15) is 5.82 Å². The van der Waals surface area contributed by atoms with Crippen molar-refractivity contribution in [1.29, 1.82) is 0 Å². The van der Waals surface area contributed by atoms with E-state index in [2.05, 4.69) is 20.5 Å². The number of nitrogens with zero attached hydrogens (tertiary/aromatic N) is 3. The van der Waals surface area contributed by atoms with E-state index in [1.807, 2.05) is 19.2 Å². The van der Waals surface area contributed by atoms with E-state index >= 15 is 0 Å². The number of aliphatic hydroxyl groups excluding tert-OH is 1. The van der Waals surface area contributed by atoms with Crippen molar-refractivity contribution in [2.75, 3.05) is 26.7 Å². The molecule has 1 fully saturated rings. The molecule has 1 saturated heterocycles. The molecule has 0 unspecified atom stereocenters. The lowest BCUT2D eigenvalue weighted by atomic mass is 9.96. The lowest BCUT2D eigenvalue weighted by molar-refractivity contribution is 0.0867. The van der Waals surface area contributed by atoms with Crippen LogP contribution in [0.3, 0.4) is 0 Å². The molecule has 1 aliphatic heterocycles. The fourth-order valence-electron chi connectivity index (χ4n) is 4.04. The maximum absolute atomic E-state index is 13.1. The van der Waals surface area contributed by atoms with Gasteiger partial charge in [0.15, 0.2) is 4.80 Å². The number of benzene rings is 2. The number of fused-ring (bicyclic) bond motifs is 1. The van der Waals surface area contributed by atoms with Gasteiger partial charge in [-0.15, -0.1) is 0 Å². The quantitative estimate of drug-likeness (QED) is 0.644. The molecule has 7 heteroatoms. The van der Waals surface area contributed by atoms with Gasteiger partial charge in [-0.2, -0.15) is 0 Å². The average Bonchev–Trinajstić information content (AvgIpc) is 3.06. The minimum atomic E-state index is -0.586.